The molecule has 1 N–H and O–H groups in total. The van der Waals surface area contributed by atoms with Gasteiger partial charge < -0.3 is 5.32 Å². The molecule has 0 heterocycles. The molecule has 0 aliphatic carbocycles. The van der Waals surface area contributed by atoms with Crippen LogP contribution in [0.25, 0.3) is 0 Å². The highest BCUT2D eigenvalue weighted by molar-refractivity contribution is 7.92. The molecule has 1 rings (SSSR count). The fourth-order valence-electron chi connectivity index (χ4n) is 1.79. The van der Waals surface area contributed by atoms with E-state index in [9.17, 15) is 13.2 Å². The minimum atomic E-state index is -3.58. The summed E-state index contributed by atoms with van der Waals surface area (Å²) < 4.78 is 25.1. The van der Waals surface area contributed by atoms with Crippen molar-refractivity contribution in [3.05, 3.63) is 28.2 Å². The van der Waals surface area contributed by atoms with Crippen LogP contribution in [-0.2, 0) is 14.8 Å². The molecule has 0 saturated carbocycles. The molecule has 0 aliphatic rings. The first-order chi connectivity index (χ1) is 10.1. The average Bonchev–Trinajstić information content (AvgIpc) is 2.41. The van der Waals surface area contributed by atoms with Gasteiger partial charge in [0.05, 0.1) is 17.0 Å². The summed E-state index contributed by atoms with van der Waals surface area (Å²) in [6.07, 6.45) is 1.92. The standard InChI is InChI=1S/C14H20Cl2N2O3S/c1-4-10(2)17-14(19)7-8-18(22(3,20)21)13-9-11(15)5-6-12(13)16/h5-6,9-10H,4,7-8H2,1-3H3,(H,17,19). The number of benzene rings is 1. The number of amides is 1. The zero-order valence-corrected chi connectivity index (χ0v) is 15.1. The van der Waals surface area contributed by atoms with Gasteiger partial charge in [0.1, 0.15) is 0 Å². The molecule has 1 aromatic carbocycles. The Morgan fingerprint density at radius 1 is 1.36 bits per heavy atom. The molecule has 124 valence electrons. The summed E-state index contributed by atoms with van der Waals surface area (Å²) in [5.41, 5.74) is 0.271. The summed E-state index contributed by atoms with van der Waals surface area (Å²) >= 11 is 12.0. The van der Waals surface area contributed by atoms with Crippen LogP contribution in [-0.4, -0.2) is 33.2 Å². The number of halogens is 2. The quantitative estimate of drug-likeness (QED) is 0.806. The first-order valence-electron chi connectivity index (χ1n) is 6.87. The minimum Gasteiger partial charge on any atom is -0.354 e. The van der Waals surface area contributed by atoms with Crippen molar-refractivity contribution in [2.45, 2.75) is 32.7 Å². The number of anilines is 1. The van der Waals surface area contributed by atoms with Gasteiger partial charge >= 0.3 is 0 Å². The zero-order valence-electron chi connectivity index (χ0n) is 12.8. The van der Waals surface area contributed by atoms with E-state index in [0.29, 0.717) is 5.02 Å². The number of nitrogens with zero attached hydrogens (tertiary/aromatic N) is 1. The second kappa shape index (κ2) is 8.04. The highest BCUT2D eigenvalue weighted by atomic mass is 35.5. The number of carbonyl (C=O) groups excluding carboxylic acids is 1. The van der Waals surface area contributed by atoms with E-state index >= 15 is 0 Å². The smallest absolute Gasteiger partial charge is 0.232 e. The van der Waals surface area contributed by atoms with Crippen LogP contribution in [0.15, 0.2) is 18.2 Å². The fraction of sp³-hybridized carbons (Fsp3) is 0.500. The van der Waals surface area contributed by atoms with Gasteiger partial charge in [-0.1, -0.05) is 30.1 Å². The van der Waals surface area contributed by atoms with Crippen LogP contribution >= 0.6 is 23.2 Å². The van der Waals surface area contributed by atoms with Gasteiger partial charge in [0.2, 0.25) is 15.9 Å². The number of nitrogens with one attached hydrogen (secondary N) is 1. The summed E-state index contributed by atoms with van der Waals surface area (Å²) in [6.45, 7) is 3.85. The Morgan fingerprint density at radius 2 is 2.00 bits per heavy atom. The molecular formula is C14H20Cl2N2O3S. The molecule has 5 nitrogen and oxygen atoms in total. The summed E-state index contributed by atoms with van der Waals surface area (Å²) in [4.78, 5) is 11.8. The number of rotatable bonds is 7. The van der Waals surface area contributed by atoms with Crippen LogP contribution in [0.3, 0.4) is 0 Å². The Morgan fingerprint density at radius 3 is 2.55 bits per heavy atom. The van der Waals surface area contributed by atoms with Crippen molar-refractivity contribution in [2.24, 2.45) is 0 Å². The van der Waals surface area contributed by atoms with Crippen molar-refractivity contribution in [1.82, 2.24) is 5.32 Å². The van der Waals surface area contributed by atoms with E-state index in [1.165, 1.54) is 12.1 Å². The van der Waals surface area contributed by atoms with Gasteiger partial charge in [-0.15, -0.1) is 0 Å². The molecule has 0 radical (unpaired) electrons. The molecule has 0 aliphatic heterocycles. The second-order valence-corrected chi connectivity index (χ2v) is 7.81. The largest absolute Gasteiger partial charge is 0.354 e. The normalized spacial score (nSPS) is 12.8. The Balaban J connectivity index is 2.92. The lowest BCUT2D eigenvalue weighted by atomic mass is 10.2. The maximum absolute atomic E-state index is 12.0. The number of carbonyl (C=O) groups is 1. The van der Waals surface area contributed by atoms with E-state index in [2.05, 4.69) is 5.32 Å². The lowest BCUT2D eigenvalue weighted by molar-refractivity contribution is -0.121. The summed E-state index contributed by atoms with van der Waals surface area (Å²) in [5, 5.41) is 3.43. The molecule has 0 spiro atoms. The van der Waals surface area contributed by atoms with E-state index < -0.39 is 10.0 Å². The van der Waals surface area contributed by atoms with Crippen LogP contribution in [0, 0.1) is 0 Å². The summed E-state index contributed by atoms with van der Waals surface area (Å²) in [7, 11) is -3.58. The Labute approximate surface area is 141 Å². The summed E-state index contributed by atoms with van der Waals surface area (Å²) in [5.74, 6) is -0.207. The van der Waals surface area contributed by atoms with Crippen molar-refractivity contribution in [2.75, 3.05) is 17.1 Å². The molecule has 0 saturated heterocycles. The highest BCUT2D eigenvalue weighted by Gasteiger charge is 2.21. The van der Waals surface area contributed by atoms with E-state index in [-0.39, 0.29) is 35.6 Å². The first-order valence-corrected chi connectivity index (χ1v) is 9.47. The van der Waals surface area contributed by atoms with E-state index in [0.717, 1.165) is 17.0 Å². The lowest BCUT2D eigenvalue weighted by Gasteiger charge is -2.23. The van der Waals surface area contributed by atoms with Crippen LogP contribution < -0.4 is 9.62 Å². The van der Waals surface area contributed by atoms with Crippen LogP contribution in [0.4, 0.5) is 5.69 Å². The van der Waals surface area contributed by atoms with Gasteiger partial charge in [-0.25, -0.2) is 8.42 Å². The molecule has 0 bridgehead atoms. The van der Waals surface area contributed by atoms with Gasteiger partial charge in [0.25, 0.3) is 0 Å². The predicted molar refractivity (Wildman–Crippen MR) is 91.2 cm³/mol. The molecule has 0 aromatic heterocycles. The molecule has 1 amide bonds. The second-order valence-electron chi connectivity index (χ2n) is 5.06. The van der Waals surface area contributed by atoms with Crippen LogP contribution in [0.1, 0.15) is 26.7 Å². The maximum atomic E-state index is 12.0. The van der Waals surface area contributed by atoms with Gasteiger partial charge in [-0.3, -0.25) is 9.10 Å². The van der Waals surface area contributed by atoms with Crippen molar-refractivity contribution in [3.8, 4) is 0 Å². The zero-order chi connectivity index (χ0) is 16.9. The third-order valence-corrected chi connectivity index (χ3v) is 4.87. The molecule has 1 atom stereocenters. The van der Waals surface area contributed by atoms with Gasteiger partial charge in [0, 0.05) is 24.0 Å². The Kier molecular flexibility index (Phi) is 6.97. The van der Waals surface area contributed by atoms with Crippen LogP contribution in [0.2, 0.25) is 10.0 Å². The topological polar surface area (TPSA) is 66.5 Å². The lowest BCUT2D eigenvalue weighted by Crippen LogP contribution is -2.37. The Bertz CT molecular complexity index is 635. The monoisotopic (exact) mass is 366 g/mol. The van der Waals surface area contributed by atoms with Crippen molar-refractivity contribution in [1.29, 1.82) is 0 Å². The predicted octanol–water partition coefficient (Wildman–Crippen LogP) is 3.06. The van der Waals surface area contributed by atoms with E-state index in [1.807, 2.05) is 13.8 Å². The molecule has 0 fully saturated rings. The van der Waals surface area contributed by atoms with Gasteiger partial charge in [0.15, 0.2) is 0 Å². The number of hydrogen-bond donors (Lipinski definition) is 1. The van der Waals surface area contributed by atoms with Crippen molar-refractivity contribution < 1.29 is 13.2 Å². The van der Waals surface area contributed by atoms with E-state index in [4.69, 9.17) is 23.2 Å². The molecular weight excluding hydrogens is 347 g/mol. The molecule has 22 heavy (non-hydrogen) atoms. The third-order valence-electron chi connectivity index (χ3n) is 3.14. The summed E-state index contributed by atoms with van der Waals surface area (Å²) in [6, 6.07) is 4.62. The van der Waals surface area contributed by atoms with Crippen molar-refractivity contribution in [3.63, 3.8) is 0 Å². The number of hydrogen-bond acceptors (Lipinski definition) is 3. The maximum Gasteiger partial charge on any atom is 0.232 e. The third kappa shape index (κ3) is 5.66. The minimum absolute atomic E-state index is 0.00115. The first kappa shape index (κ1) is 19.1. The number of sulfonamides is 1. The highest BCUT2D eigenvalue weighted by Crippen LogP contribution is 2.30. The fourth-order valence-corrected chi connectivity index (χ4v) is 3.16. The van der Waals surface area contributed by atoms with Crippen LogP contribution in [0.5, 0.6) is 0 Å². The Hall–Kier alpha value is -0.980. The molecule has 8 heteroatoms. The van der Waals surface area contributed by atoms with Gasteiger partial charge in [-0.05, 0) is 31.5 Å². The average molecular weight is 367 g/mol. The van der Waals surface area contributed by atoms with E-state index in [1.54, 1.807) is 6.07 Å². The molecule has 1 aromatic rings. The molecule has 1 unspecified atom stereocenters. The van der Waals surface area contributed by atoms with Crippen molar-refractivity contribution >= 4 is 44.8 Å². The SMILES string of the molecule is CCC(C)NC(=O)CCN(c1cc(Cl)ccc1Cl)S(C)(=O)=O. The van der Waals surface area contributed by atoms with Gasteiger partial charge in [-0.2, -0.15) is 0 Å².